The largest absolute Gasteiger partial charge is 0.460 e. The molecule has 1 aliphatic rings. The third-order valence-electron chi connectivity index (χ3n) is 2.97. The van der Waals surface area contributed by atoms with E-state index in [0.717, 1.165) is 18.4 Å². The number of esters is 1. The first-order valence-corrected chi connectivity index (χ1v) is 5.85. The molecule has 2 rings (SSSR count). The van der Waals surface area contributed by atoms with E-state index in [1.165, 1.54) is 0 Å². The van der Waals surface area contributed by atoms with Crippen molar-refractivity contribution >= 4 is 11.8 Å². The van der Waals surface area contributed by atoms with E-state index in [4.69, 9.17) is 4.74 Å². The van der Waals surface area contributed by atoms with E-state index in [0.29, 0.717) is 12.8 Å². The number of hydrogen-bond donors (Lipinski definition) is 0. The number of Topliss-reactive ketones (excluding diaryl/α,β-unsaturated/α-hetero) is 1. The summed E-state index contributed by atoms with van der Waals surface area (Å²) in [6.45, 7) is 0.213. The Morgan fingerprint density at radius 2 is 2.12 bits per heavy atom. The second kappa shape index (κ2) is 5.57. The summed E-state index contributed by atoms with van der Waals surface area (Å²) in [5, 5.41) is 0. The first-order valence-electron chi connectivity index (χ1n) is 5.85. The van der Waals surface area contributed by atoms with Crippen LogP contribution in [0.15, 0.2) is 24.5 Å². The molecule has 1 aromatic rings. The van der Waals surface area contributed by atoms with Crippen molar-refractivity contribution in [3.63, 3.8) is 0 Å². The summed E-state index contributed by atoms with van der Waals surface area (Å²) in [5.41, 5.74) is 0.886. The number of rotatable bonds is 3. The topological polar surface area (TPSA) is 56.3 Å². The maximum atomic E-state index is 11.7. The summed E-state index contributed by atoms with van der Waals surface area (Å²) >= 11 is 0. The molecule has 1 aromatic heterocycles. The van der Waals surface area contributed by atoms with Crippen LogP contribution in [0.2, 0.25) is 0 Å². The normalized spacial score (nSPS) is 20.0. The molecule has 0 bridgehead atoms. The number of ether oxygens (including phenoxy) is 1. The van der Waals surface area contributed by atoms with E-state index in [2.05, 4.69) is 4.98 Å². The van der Waals surface area contributed by atoms with Crippen LogP contribution in [0.25, 0.3) is 0 Å². The molecule has 0 amide bonds. The molecule has 17 heavy (non-hydrogen) atoms. The standard InChI is InChI=1S/C13H15NO3/c15-12-4-2-1-3-11(12)13(16)17-9-10-5-7-14-8-6-10/h5-8,11H,1-4,9H2. The molecule has 0 N–H and O–H groups in total. The van der Waals surface area contributed by atoms with Crippen LogP contribution in [-0.2, 0) is 20.9 Å². The highest BCUT2D eigenvalue weighted by molar-refractivity contribution is 5.99. The molecule has 1 atom stereocenters. The molecule has 0 aliphatic heterocycles. The lowest BCUT2D eigenvalue weighted by Gasteiger charge is -2.18. The van der Waals surface area contributed by atoms with Crippen molar-refractivity contribution in [2.24, 2.45) is 5.92 Å². The van der Waals surface area contributed by atoms with Crippen molar-refractivity contribution in [1.29, 1.82) is 0 Å². The number of aromatic nitrogens is 1. The number of carbonyl (C=O) groups is 2. The van der Waals surface area contributed by atoms with E-state index in [1.807, 2.05) is 0 Å². The summed E-state index contributed by atoms with van der Waals surface area (Å²) in [6.07, 6.45) is 6.26. The summed E-state index contributed by atoms with van der Waals surface area (Å²) in [6, 6.07) is 3.58. The monoisotopic (exact) mass is 233 g/mol. The quantitative estimate of drug-likeness (QED) is 0.591. The highest BCUT2D eigenvalue weighted by Gasteiger charge is 2.30. The third-order valence-corrected chi connectivity index (χ3v) is 2.97. The molecule has 4 heteroatoms. The molecule has 90 valence electrons. The van der Waals surface area contributed by atoms with Crippen LogP contribution in [0.4, 0.5) is 0 Å². The highest BCUT2D eigenvalue weighted by Crippen LogP contribution is 2.22. The van der Waals surface area contributed by atoms with Crippen molar-refractivity contribution in [3.8, 4) is 0 Å². The predicted octanol–water partition coefficient (Wildman–Crippen LogP) is 1.88. The lowest BCUT2D eigenvalue weighted by atomic mass is 9.88. The molecule has 1 fully saturated rings. The number of hydrogen-bond acceptors (Lipinski definition) is 4. The van der Waals surface area contributed by atoms with Crippen LogP contribution in [0.1, 0.15) is 31.2 Å². The zero-order valence-corrected chi connectivity index (χ0v) is 9.59. The van der Waals surface area contributed by atoms with Gasteiger partial charge in [-0.1, -0.05) is 6.42 Å². The van der Waals surface area contributed by atoms with Gasteiger partial charge in [-0.05, 0) is 30.5 Å². The Morgan fingerprint density at radius 1 is 1.35 bits per heavy atom. The van der Waals surface area contributed by atoms with Crippen LogP contribution in [-0.4, -0.2) is 16.7 Å². The Balaban J connectivity index is 1.87. The highest BCUT2D eigenvalue weighted by atomic mass is 16.5. The van der Waals surface area contributed by atoms with E-state index in [1.54, 1.807) is 24.5 Å². The van der Waals surface area contributed by atoms with Gasteiger partial charge in [0.15, 0.2) is 0 Å². The Kier molecular flexibility index (Phi) is 3.85. The van der Waals surface area contributed by atoms with Gasteiger partial charge in [0.2, 0.25) is 0 Å². The average molecular weight is 233 g/mol. The molecule has 0 saturated heterocycles. The Labute approximate surface area is 100 Å². The molecule has 1 saturated carbocycles. The number of ketones is 1. The first-order chi connectivity index (χ1) is 8.27. The van der Waals surface area contributed by atoms with E-state index in [-0.39, 0.29) is 18.4 Å². The van der Waals surface area contributed by atoms with Gasteiger partial charge in [0.1, 0.15) is 18.3 Å². The van der Waals surface area contributed by atoms with Crippen LogP contribution in [0.3, 0.4) is 0 Å². The summed E-state index contributed by atoms with van der Waals surface area (Å²) < 4.78 is 5.15. The number of nitrogens with zero attached hydrogens (tertiary/aromatic N) is 1. The average Bonchev–Trinajstić information content (AvgIpc) is 2.38. The third kappa shape index (κ3) is 3.12. The minimum atomic E-state index is -0.536. The molecule has 0 radical (unpaired) electrons. The van der Waals surface area contributed by atoms with E-state index < -0.39 is 5.92 Å². The van der Waals surface area contributed by atoms with E-state index >= 15 is 0 Å². The van der Waals surface area contributed by atoms with Gasteiger partial charge in [-0.15, -0.1) is 0 Å². The molecular weight excluding hydrogens is 218 g/mol. The number of carbonyl (C=O) groups excluding carboxylic acids is 2. The van der Waals surface area contributed by atoms with Crippen molar-refractivity contribution in [2.75, 3.05) is 0 Å². The Hall–Kier alpha value is -1.71. The van der Waals surface area contributed by atoms with Gasteiger partial charge in [-0.3, -0.25) is 14.6 Å². The van der Waals surface area contributed by atoms with Crippen LogP contribution in [0, 0.1) is 5.92 Å². The van der Waals surface area contributed by atoms with Crippen LogP contribution < -0.4 is 0 Å². The van der Waals surface area contributed by atoms with Crippen molar-refractivity contribution in [3.05, 3.63) is 30.1 Å². The van der Waals surface area contributed by atoms with E-state index in [9.17, 15) is 9.59 Å². The fourth-order valence-electron chi connectivity index (χ4n) is 1.97. The van der Waals surface area contributed by atoms with Crippen LogP contribution in [0.5, 0.6) is 0 Å². The predicted molar refractivity (Wildman–Crippen MR) is 61.0 cm³/mol. The molecule has 0 spiro atoms. The Bertz CT molecular complexity index is 402. The number of pyridine rings is 1. The minimum Gasteiger partial charge on any atom is -0.460 e. The first kappa shape index (κ1) is 11.8. The maximum Gasteiger partial charge on any atom is 0.316 e. The van der Waals surface area contributed by atoms with Gasteiger partial charge >= 0.3 is 5.97 Å². The minimum absolute atomic E-state index is 0.0241. The molecule has 1 aliphatic carbocycles. The summed E-state index contributed by atoms with van der Waals surface area (Å²) in [7, 11) is 0. The van der Waals surface area contributed by atoms with Gasteiger partial charge in [0.05, 0.1) is 0 Å². The maximum absolute atomic E-state index is 11.7. The zero-order valence-electron chi connectivity index (χ0n) is 9.59. The second-order valence-electron chi connectivity index (χ2n) is 4.23. The van der Waals surface area contributed by atoms with Gasteiger partial charge in [-0.25, -0.2) is 0 Å². The van der Waals surface area contributed by atoms with Gasteiger partial charge in [-0.2, -0.15) is 0 Å². The summed E-state index contributed by atoms with van der Waals surface area (Å²) in [5.74, 6) is -0.895. The second-order valence-corrected chi connectivity index (χ2v) is 4.23. The lowest BCUT2D eigenvalue weighted by Crippen LogP contribution is -2.28. The fourth-order valence-corrected chi connectivity index (χ4v) is 1.97. The summed E-state index contributed by atoms with van der Waals surface area (Å²) in [4.78, 5) is 27.1. The van der Waals surface area contributed by atoms with Crippen molar-refractivity contribution in [1.82, 2.24) is 4.98 Å². The van der Waals surface area contributed by atoms with Gasteiger partial charge in [0, 0.05) is 18.8 Å². The lowest BCUT2D eigenvalue weighted by molar-refractivity contribution is -0.154. The SMILES string of the molecule is O=C1CCCCC1C(=O)OCc1ccncc1. The molecule has 1 unspecified atom stereocenters. The van der Waals surface area contributed by atoms with Gasteiger partial charge < -0.3 is 4.74 Å². The van der Waals surface area contributed by atoms with Gasteiger partial charge in [0.25, 0.3) is 0 Å². The smallest absolute Gasteiger partial charge is 0.316 e. The Morgan fingerprint density at radius 3 is 2.82 bits per heavy atom. The molecule has 1 heterocycles. The fraction of sp³-hybridized carbons (Fsp3) is 0.462. The molecule has 4 nitrogen and oxygen atoms in total. The molecular formula is C13H15NO3. The molecule has 0 aromatic carbocycles. The van der Waals surface area contributed by atoms with Crippen molar-refractivity contribution < 1.29 is 14.3 Å². The van der Waals surface area contributed by atoms with Crippen molar-refractivity contribution in [2.45, 2.75) is 32.3 Å². The zero-order chi connectivity index (χ0) is 12.1. The van der Waals surface area contributed by atoms with Crippen LogP contribution >= 0.6 is 0 Å².